The molecule has 0 saturated heterocycles. The van der Waals surface area contributed by atoms with Crippen LogP contribution in [0.3, 0.4) is 0 Å². The second kappa shape index (κ2) is 9.05. The summed E-state index contributed by atoms with van der Waals surface area (Å²) in [6, 6.07) is 20.2. The van der Waals surface area contributed by atoms with Crippen LogP contribution >= 0.6 is 11.8 Å². The van der Waals surface area contributed by atoms with Gasteiger partial charge in [-0.15, -0.1) is 10.2 Å². The molecule has 0 radical (unpaired) electrons. The van der Waals surface area contributed by atoms with Crippen LogP contribution in [0.5, 0.6) is 0 Å². The molecule has 29 heavy (non-hydrogen) atoms. The van der Waals surface area contributed by atoms with E-state index in [1.54, 1.807) is 5.01 Å². The molecule has 3 aromatic rings. The molecule has 0 N–H and O–H groups in total. The molecule has 0 spiro atoms. The van der Waals surface area contributed by atoms with Gasteiger partial charge < -0.3 is 4.57 Å². The van der Waals surface area contributed by atoms with E-state index in [-0.39, 0.29) is 5.91 Å². The van der Waals surface area contributed by atoms with Gasteiger partial charge in [0.1, 0.15) is 5.82 Å². The van der Waals surface area contributed by atoms with Gasteiger partial charge in [0.15, 0.2) is 5.16 Å². The third kappa shape index (κ3) is 4.56. The lowest BCUT2D eigenvalue weighted by molar-refractivity contribution is -0.127. The highest BCUT2D eigenvalue weighted by atomic mass is 32.2. The van der Waals surface area contributed by atoms with Crippen LogP contribution in [0.2, 0.25) is 0 Å². The molecule has 148 valence electrons. The molecular weight excluding hydrogens is 382 g/mol. The predicted octanol–water partition coefficient (Wildman–Crippen LogP) is 3.62. The van der Waals surface area contributed by atoms with Crippen molar-refractivity contribution < 1.29 is 4.79 Å². The summed E-state index contributed by atoms with van der Waals surface area (Å²) in [4.78, 5) is 12.6. The number of aromatic nitrogens is 3. The zero-order chi connectivity index (χ0) is 20.1. The SMILES string of the molecule is CCn1c(Cc2ccccc2)nnc1SCC(=O)N1CCC(c2ccccc2)=N1. The highest BCUT2D eigenvalue weighted by Crippen LogP contribution is 2.21. The van der Waals surface area contributed by atoms with Gasteiger partial charge in [0, 0.05) is 19.4 Å². The van der Waals surface area contributed by atoms with Crippen LogP contribution in [0.15, 0.2) is 70.9 Å². The molecule has 1 amide bonds. The summed E-state index contributed by atoms with van der Waals surface area (Å²) in [5.41, 5.74) is 3.24. The molecule has 0 aliphatic carbocycles. The molecule has 2 heterocycles. The van der Waals surface area contributed by atoms with Crippen molar-refractivity contribution in [2.45, 2.75) is 31.5 Å². The molecule has 0 fully saturated rings. The molecule has 4 rings (SSSR count). The number of carbonyl (C=O) groups excluding carboxylic acids is 1. The number of hydrogen-bond donors (Lipinski definition) is 0. The van der Waals surface area contributed by atoms with Gasteiger partial charge in [0.2, 0.25) is 0 Å². The number of carbonyl (C=O) groups is 1. The van der Waals surface area contributed by atoms with Gasteiger partial charge in [-0.3, -0.25) is 4.79 Å². The highest BCUT2D eigenvalue weighted by molar-refractivity contribution is 7.99. The van der Waals surface area contributed by atoms with Crippen molar-refractivity contribution in [3.8, 4) is 0 Å². The number of hydrogen-bond acceptors (Lipinski definition) is 5. The summed E-state index contributed by atoms with van der Waals surface area (Å²) < 4.78 is 2.08. The van der Waals surface area contributed by atoms with Crippen LogP contribution in [0.4, 0.5) is 0 Å². The summed E-state index contributed by atoms with van der Waals surface area (Å²) in [7, 11) is 0. The van der Waals surface area contributed by atoms with Crippen LogP contribution in [-0.2, 0) is 17.8 Å². The fourth-order valence-electron chi connectivity index (χ4n) is 3.32. The molecule has 0 unspecified atom stereocenters. The number of amides is 1. The molecular formula is C22H23N5OS. The van der Waals surface area contributed by atoms with Gasteiger partial charge >= 0.3 is 0 Å². The zero-order valence-corrected chi connectivity index (χ0v) is 17.2. The topological polar surface area (TPSA) is 63.4 Å². The van der Waals surface area contributed by atoms with Crippen LogP contribution < -0.4 is 0 Å². The van der Waals surface area contributed by atoms with Crippen LogP contribution in [0.25, 0.3) is 0 Å². The van der Waals surface area contributed by atoms with Gasteiger partial charge in [-0.2, -0.15) is 5.10 Å². The van der Waals surface area contributed by atoms with Crippen molar-refractivity contribution in [3.63, 3.8) is 0 Å². The standard InChI is InChI=1S/C22H23N5OS/c1-2-26-20(15-17-9-5-3-6-10-17)23-24-22(26)29-16-21(28)27-14-13-19(25-27)18-11-7-4-8-12-18/h3-12H,2,13-16H2,1H3. The third-order valence-corrected chi connectivity index (χ3v) is 5.79. The first-order valence-electron chi connectivity index (χ1n) is 9.76. The number of benzene rings is 2. The monoisotopic (exact) mass is 405 g/mol. The fourth-order valence-corrected chi connectivity index (χ4v) is 4.21. The molecule has 1 aromatic heterocycles. The molecule has 0 bridgehead atoms. The minimum absolute atomic E-state index is 0.00352. The van der Waals surface area contributed by atoms with Gasteiger partial charge in [-0.05, 0) is 18.1 Å². The Kier molecular flexibility index (Phi) is 6.05. The second-order valence-electron chi connectivity index (χ2n) is 6.77. The van der Waals surface area contributed by atoms with Crippen molar-refractivity contribution in [3.05, 3.63) is 77.6 Å². The molecule has 2 aromatic carbocycles. The maximum absolute atomic E-state index is 12.6. The predicted molar refractivity (Wildman–Crippen MR) is 115 cm³/mol. The minimum Gasteiger partial charge on any atom is -0.306 e. The summed E-state index contributed by atoms with van der Waals surface area (Å²) in [5, 5.41) is 15.5. The van der Waals surface area contributed by atoms with Crippen LogP contribution in [0, 0.1) is 0 Å². The maximum atomic E-state index is 12.6. The maximum Gasteiger partial charge on any atom is 0.253 e. The van der Waals surface area contributed by atoms with E-state index in [1.165, 1.54) is 17.3 Å². The minimum atomic E-state index is -0.00352. The molecule has 1 aliphatic rings. The second-order valence-corrected chi connectivity index (χ2v) is 7.72. The van der Waals surface area contributed by atoms with Crippen LogP contribution in [-0.4, -0.2) is 43.7 Å². The Morgan fingerprint density at radius 1 is 1.03 bits per heavy atom. The Morgan fingerprint density at radius 2 is 1.76 bits per heavy atom. The summed E-state index contributed by atoms with van der Waals surface area (Å²) in [6.07, 6.45) is 1.51. The molecule has 6 nitrogen and oxygen atoms in total. The summed E-state index contributed by atoms with van der Waals surface area (Å²) in [6.45, 7) is 3.47. The lowest BCUT2D eigenvalue weighted by Crippen LogP contribution is -2.25. The van der Waals surface area contributed by atoms with E-state index in [0.29, 0.717) is 12.3 Å². The lowest BCUT2D eigenvalue weighted by Gasteiger charge is -2.11. The molecule has 0 atom stereocenters. The van der Waals surface area contributed by atoms with Crippen molar-refractivity contribution >= 4 is 23.4 Å². The van der Waals surface area contributed by atoms with Crippen molar-refractivity contribution in [1.29, 1.82) is 0 Å². The average molecular weight is 406 g/mol. The number of hydrazone groups is 1. The quantitative estimate of drug-likeness (QED) is 0.563. The van der Waals surface area contributed by atoms with E-state index < -0.39 is 0 Å². The number of thioether (sulfide) groups is 1. The lowest BCUT2D eigenvalue weighted by atomic mass is 10.1. The number of rotatable bonds is 7. The summed E-state index contributed by atoms with van der Waals surface area (Å²) in [5.74, 6) is 1.21. The summed E-state index contributed by atoms with van der Waals surface area (Å²) >= 11 is 1.42. The van der Waals surface area contributed by atoms with E-state index in [9.17, 15) is 4.79 Å². The molecule has 7 heteroatoms. The Balaban J connectivity index is 1.39. The Labute approximate surface area is 174 Å². The van der Waals surface area contributed by atoms with Crippen molar-refractivity contribution in [1.82, 2.24) is 19.8 Å². The third-order valence-electron chi connectivity index (χ3n) is 4.84. The molecule has 0 saturated carbocycles. The Hall–Kier alpha value is -2.93. The van der Waals surface area contributed by atoms with Gasteiger partial charge in [0.05, 0.1) is 18.0 Å². The van der Waals surface area contributed by atoms with Gasteiger partial charge in [-0.25, -0.2) is 5.01 Å². The largest absolute Gasteiger partial charge is 0.306 e. The Bertz CT molecular complexity index is 1000. The van der Waals surface area contributed by atoms with E-state index in [4.69, 9.17) is 0 Å². The Morgan fingerprint density at radius 3 is 2.48 bits per heavy atom. The van der Waals surface area contributed by atoms with E-state index in [0.717, 1.165) is 41.6 Å². The highest BCUT2D eigenvalue weighted by Gasteiger charge is 2.22. The van der Waals surface area contributed by atoms with E-state index in [1.807, 2.05) is 48.5 Å². The zero-order valence-electron chi connectivity index (χ0n) is 16.4. The van der Waals surface area contributed by atoms with Gasteiger partial charge in [0.25, 0.3) is 5.91 Å². The first-order valence-corrected chi connectivity index (χ1v) is 10.7. The van der Waals surface area contributed by atoms with Crippen LogP contribution in [0.1, 0.15) is 30.3 Å². The van der Waals surface area contributed by atoms with E-state index >= 15 is 0 Å². The van der Waals surface area contributed by atoms with E-state index in [2.05, 4.69) is 38.9 Å². The fraction of sp³-hybridized carbons (Fsp3) is 0.273. The first-order chi connectivity index (χ1) is 14.2. The van der Waals surface area contributed by atoms with Crippen molar-refractivity contribution in [2.75, 3.05) is 12.3 Å². The van der Waals surface area contributed by atoms with Gasteiger partial charge in [-0.1, -0.05) is 72.4 Å². The smallest absolute Gasteiger partial charge is 0.253 e. The average Bonchev–Trinajstić information content (AvgIpc) is 3.41. The number of nitrogens with zero attached hydrogens (tertiary/aromatic N) is 5. The normalized spacial score (nSPS) is 13.6. The molecule has 1 aliphatic heterocycles. The first kappa shape index (κ1) is 19.4. The van der Waals surface area contributed by atoms with Crippen molar-refractivity contribution in [2.24, 2.45) is 5.10 Å².